The highest BCUT2D eigenvalue weighted by molar-refractivity contribution is 6.25. The van der Waals surface area contributed by atoms with Gasteiger partial charge >= 0.3 is 0 Å². The van der Waals surface area contributed by atoms with Crippen LogP contribution in [0.2, 0.25) is 0 Å². The molecule has 2 heterocycles. The molecule has 0 bridgehead atoms. The van der Waals surface area contributed by atoms with Gasteiger partial charge in [-0.2, -0.15) is 0 Å². The molecule has 0 saturated carbocycles. The molecule has 9 heteroatoms. The van der Waals surface area contributed by atoms with E-state index in [1.54, 1.807) is 0 Å². The van der Waals surface area contributed by atoms with Gasteiger partial charge in [-0.25, -0.2) is 0 Å². The van der Waals surface area contributed by atoms with Crippen molar-refractivity contribution in [2.24, 2.45) is 0 Å². The van der Waals surface area contributed by atoms with E-state index in [1.165, 1.54) is 4.90 Å². The molecule has 3 aromatic rings. The number of amides is 2. The first-order valence-electron chi connectivity index (χ1n) is 12.6. The van der Waals surface area contributed by atoms with Crippen LogP contribution in [0.4, 0.5) is 0 Å². The number of aryl methyl sites for hydroxylation is 2. The number of ether oxygens (including phenoxy) is 1. The minimum Gasteiger partial charge on any atom is -1.00 e. The topological polar surface area (TPSA) is 73.3 Å². The van der Waals surface area contributed by atoms with Crippen LogP contribution in [0.3, 0.4) is 0 Å². The van der Waals surface area contributed by atoms with Gasteiger partial charge in [0.1, 0.15) is 18.5 Å². The van der Waals surface area contributed by atoms with Crippen molar-refractivity contribution in [3.63, 3.8) is 0 Å². The molecule has 1 fully saturated rings. The fourth-order valence-electron chi connectivity index (χ4n) is 5.12. The number of halogens is 2. The molecule has 0 radical (unpaired) electrons. The molecule has 3 aromatic carbocycles. The van der Waals surface area contributed by atoms with Gasteiger partial charge in [-0.05, 0) is 48.6 Å². The number of nitrogens with zero attached hydrogens (tertiary/aromatic N) is 3. The molecule has 1 unspecified atom stereocenters. The highest BCUT2D eigenvalue weighted by atomic mass is 35.5. The summed E-state index contributed by atoms with van der Waals surface area (Å²) >= 11 is 0. The van der Waals surface area contributed by atoms with Crippen LogP contribution in [0.15, 0.2) is 54.6 Å². The van der Waals surface area contributed by atoms with E-state index in [0.29, 0.717) is 30.8 Å². The number of aliphatic hydroxyl groups excluding tert-OH is 1. The van der Waals surface area contributed by atoms with E-state index in [1.807, 2.05) is 62.4 Å². The second-order valence-corrected chi connectivity index (χ2v) is 9.85. The quantitative estimate of drug-likeness (QED) is 0.300. The number of imide groups is 1. The summed E-state index contributed by atoms with van der Waals surface area (Å²) in [6.07, 6.45) is -0.567. The molecule has 2 amide bonds. The van der Waals surface area contributed by atoms with Crippen molar-refractivity contribution in [1.82, 2.24) is 14.7 Å². The van der Waals surface area contributed by atoms with E-state index in [4.69, 9.17) is 4.74 Å². The Balaban J connectivity index is 0.00000200. The average molecular weight is 559 g/mol. The maximum absolute atomic E-state index is 13.1. The van der Waals surface area contributed by atoms with Crippen LogP contribution in [-0.2, 0) is 0 Å². The van der Waals surface area contributed by atoms with Crippen LogP contribution in [0, 0.1) is 13.8 Å². The van der Waals surface area contributed by atoms with E-state index >= 15 is 0 Å². The Kier molecular flexibility index (Phi) is 10.2. The summed E-state index contributed by atoms with van der Waals surface area (Å²) in [7, 11) is 0. The molecule has 2 aliphatic rings. The lowest BCUT2D eigenvalue weighted by atomic mass is 9.94. The summed E-state index contributed by atoms with van der Waals surface area (Å²) in [5.41, 5.74) is 3.40. The van der Waals surface area contributed by atoms with Crippen molar-refractivity contribution in [2.75, 3.05) is 52.4 Å². The number of rotatable bonds is 8. The lowest BCUT2D eigenvalue weighted by molar-refractivity contribution is -0.001000. The molecule has 1 saturated heterocycles. The fourth-order valence-corrected chi connectivity index (χ4v) is 5.12. The number of hydrogen-bond donors (Lipinski definition) is 1. The van der Waals surface area contributed by atoms with Gasteiger partial charge in [0, 0.05) is 62.3 Å². The minimum absolute atomic E-state index is 0. The second kappa shape index (κ2) is 12.9. The fraction of sp³-hybridized carbons (Fsp3) is 0.379. The Bertz CT molecular complexity index is 1240. The summed E-state index contributed by atoms with van der Waals surface area (Å²) in [4.78, 5) is 32.1. The summed E-state index contributed by atoms with van der Waals surface area (Å²) < 4.78 is 5.86. The van der Waals surface area contributed by atoms with Crippen molar-refractivity contribution in [3.05, 3.63) is 76.9 Å². The van der Waals surface area contributed by atoms with Crippen molar-refractivity contribution < 1.29 is 44.2 Å². The van der Waals surface area contributed by atoms with E-state index in [2.05, 4.69) is 15.9 Å². The summed E-state index contributed by atoms with van der Waals surface area (Å²) in [6.45, 7) is 9.16. The van der Waals surface area contributed by atoms with Crippen LogP contribution >= 0.6 is 0 Å². The molecule has 7 nitrogen and oxygen atoms in total. The Morgan fingerprint density at radius 1 is 0.842 bits per heavy atom. The molecule has 204 valence electrons. The van der Waals surface area contributed by atoms with Crippen LogP contribution in [0.25, 0.3) is 10.8 Å². The maximum Gasteiger partial charge on any atom is 0.261 e. The highest BCUT2D eigenvalue weighted by Crippen LogP contribution is 2.29. The zero-order chi connectivity index (χ0) is 25.2. The van der Waals surface area contributed by atoms with E-state index in [-0.39, 0.29) is 43.2 Å². The number of aliphatic hydroxyl groups is 1. The predicted molar refractivity (Wildman–Crippen MR) is 140 cm³/mol. The standard InChI is InChI=1S/C29H33N3O4.2ClH/c1-20-9-10-21(2)26(17-20)36-19-23(33)18-31-13-11-30(12-14-31)15-16-32-28(34)24-7-3-5-22-6-4-8-25(27(22)24)29(32)35;;/h3-10,17,23,33H,11-16,18-19H2,1-2H3;2*1H/p-2. The van der Waals surface area contributed by atoms with E-state index in [9.17, 15) is 14.7 Å². The number of β-amino-alcohol motifs (C(OH)–C–C–N with tert-alkyl or cyclic N) is 1. The third-order valence-corrected chi connectivity index (χ3v) is 7.20. The number of carbonyl (C=O) groups excluding carboxylic acids is 2. The minimum atomic E-state index is -0.567. The monoisotopic (exact) mass is 557 g/mol. The van der Waals surface area contributed by atoms with Gasteiger partial charge in [-0.15, -0.1) is 0 Å². The predicted octanol–water partition coefficient (Wildman–Crippen LogP) is -2.88. The molecular formula is C29H33Cl2N3O4-2. The first-order chi connectivity index (χ1) is 17.4. The first kappa shape index (κ1) is 29.9. The number of carbonyl (C=O) groups is 2. The molecule has 2 aliphatic heterocycles. The van der Waals surface area contributed by atoms with Gasteiger partial charge in [-0.3, -0.25) is 24.3 Å². The SMILES string of the molecule is Cc1ccc(C)c(OCC(O)CN2CCN(CCN3C(=O)c4cccc5cccc(c45)C3=O)CC2)c1.[Cl-].[Cl-]. The van der Waals surface area contributed by atoms with Gasteiger partial charge in [0.05, 0.1) is 0 Å². The zero-order valence-corrected chi connectivity index (χ0v) is 23.2. The van der Waals surface area contributed by atoms with Gasteiger partial charge in [0.2, 0.25) is 0 Å². The van der Waals surface area contributed by atoms with Crippen molar-refractivity contribution in [2.45, 2.75) is 20.0 Å². The van der Waals surface area contributed by atoms with Crippen molar-refractivity contribution in [3.8, 4) is 5.75 Å². The molecule has 1 N–H and O–H groups in total. The van der Waals surface area contributed by atoms with Gasteiger partial charge in [-0.1, -0.05) is 36.4 Å². The lowest BCUT2D eigenvalue weighted by Crippen LogP contribution is -3.00. The molecule has 0 spiro atoms. The molecule has 0 aromatic heterocycles. The van der Waals surface area contributed by atoms with Crippen molar-refractivity contribution in [1.29, 1.82) is 0 Å². The normalized spacial score (nSPS) is 16.7. The molecule has 1 atom stereocenters. The van der Waals surface area contributed by atoms with Crippen LogP contribution in [0.5, 0.6) is 5.75 Å². The zero-order valence-electron chi connectivity index (χ0n) is 21.7. The summed E-state index contributed by atoms with van der Waals surface area (Å²) in [5, 5.41) is 12.2. The average Bonchev–Trinajstić information content (AvgIpc) is 2.88. The largest absolute Gasteiger partial charge is 1.00 e. The summed E-state index contributed by atoms with van der Waals surface area (Å²) in [6, 6.07) is 17.3. The lowest BCUT2D eigenvalue weighted by Gasteiger charge is -2.36. The van der Waals surface area contributed by atoms with Crippen LogP contribution in [0.1, 0.15) is 31.8 Å². The third kappa shape index (κ3) is 6.30. The number of hydrogen-bond acceptors (Lipinski definition) is 6. The Labute approximate surface area is 236 Å². The molecular weight excluding hydrogens is 525 g/mol. The van der Waals surface area contributed by atoms with Crippen LogP contribution in [-0.4, -0.2) is 90.1 Å². The number of benzene rings is 3. The maximum atomic E-state index is 13.1. The Morgan fingerprint density at radius 2 is 1.45 bits per heavy atom. The molecule has 0 aliphatic carbocycles. The summed E-state index contributed by atoms with van der Waals surface area (Å²) in [5.74, 6) is 0.393. The van der Waals surface area contributed by atoms with E-state index < -0.39 is 6.10 Å². The smallest absolute Gasteiger partial charge is 0.261 e. The number of piperazine rings is 1. The second-order valence-electron chi connectivity index (χ2n) is 9.85. The third-order valence-electron chi connectivity index (χ3n) is 7.20. The van der Waals surface area contributed by atoms with Gasteiger partial charge in [0.25, 0.3) is 11.8 Å². The van der Waals surface area contributed by atoms with Gasteiger partial charge < -0.3 is 34.7 Å². The first-order valence-corrected chi connectivity index (χ1v) is 12.6. The van der Waals surface area contributed by atoms with E-state index in [0.717, 1.165) is 53.8 Å². The van der Waals surface area contributed by atoms with Crippen molar-refractivity contribution >= 4 is 22.6 Å². The highest BCUT2D eigenvalue weighted by Gasteiger charge is 2.33. The molecule has 5 rings (SSSR count). The van der Waals surface area contributed by atoms with Crippen LogP contribution < -0.4 is 29.6 Å². The molecule has 38 heavy (non-hydrogen) atoms. The van der Waals surface area contributed by atoms with Gasteiger partial charge in [0.15, 0.2) is 0 Å². The Morgan fingerprint density at radius 3 is 2.08 bits per heavy atom. The Hall–Kier alpha value is -2.68.